The number of esters is 1. The van der Waals surface area contributed by atoms with Crippen LogP contribution in [0.3, 0.4) is 0 Å². The fraction of sp³-hybridized carbons (Fsp3) is 0.222. The zero-order chi connectivity index (χ0) is 10.7. The Bertz CT molecular complexity index is 365. The van der Waals surface area contributed by atoms with Gasteiger partial charge in [0.15, 0.2) is 0 Å². The molecule has 1 rings (SSSR count). The molecule has 1 N–H and O–H groups in total. The van der Waals surface area contributed by atoms with E-state index in [0.29, 0.717) is 10.0 Å². The molecule has 0 saturated heterocycles. The average Bonchev–Trinajstić information content (AvgIpc) is 2.19. The summed E-state index contributed by atoms with van der Waals surface area (Å²) in [5, 5.41) is 9.44. The van der Waals surface area contributed by atoms with Crippen LogP contribution in [0.1, 0.15) is 5.56 Å². The molecule has 5 heteroatoms. The molecule has 0 spiro atoms. The molecule has 0 amide bonds. The molecule has 1 aromatic carbocycles. The molecule has 14 heavy (non-hydrogen) atoms. The van der Waals surface area contributed by atoms with Gasteiger partial charge in [-0.05, 0) is 27.6 Å². The number of methoxy groups -OCH3 is 1. The molecule has 0 aromatic heterocycles. The maximum Gasteiger partial charge on any atom is 0.310 e. The Kier molecular flexibility index (Phi) is 3.77. The van der Waals surface area contributed by atoms with Gasteiger partial charge in [-0.3, -0.25) is 4.79 Å². The summed E-state index contributed by atoms with van der Waals surface area (Å²) >= 11 is 8.95. The molecule has 0 aliphatic heterocycles. The molecule has 0 atom stereocenters. The summed E-state index contributed by atoms with van der Waals surface area (Å²) in [6.07, 6.45) is 0.122. The number of carbonyl (C=O) groups excluding carboxylic acids is 1. The summed E-state index contributed by atoms with van der Waals surface area (Å²) in [5.41, 5.74) is 0.680. The number of ether oxygens (including phenoxy) is 1. The first-order valence-corrected chi connectivity index (χ1v) is 4.96. The fourth-order valence-electron chi connectivity index (χ4n) is 0.943. The quantitative estimate of drug-likeness (QED) is 0.846. The molecule has 0 saturated carbocycles. The van der Waals surface area contributed by atoms with Gasteiger partial charge < -0.3 is 9.84 Å². The SMILES string of the molecule is COC(=O)Cc1ccc(O)c(Cl)c1Br. The van der Waals surface area contributed by atoms with Crippen LogP contribution in [0.25, 0.3) is 0 Å². The Morgan fingerprint density at radius 3 is 2.86 bits per heavy atom. The number of hydrogen-bond donors (Lipinski definition) is 1. The van der Waals surface area contributed by atoms with Crippen molar-refractivity contribution < 1.29 is 14.6 Å². The Hall–Kier alpha value is -0.740. The van der Waals surface area contributed by atoms with Crippen molar-refractivity contribution in [2.24, 2.45) is 0 Å². The highest BCUT2D eigenvalue weighted by atomic mass is 79.9. The van der Waals surface area contributed by atoms with Crippen molar-refractivity contribution in [3.63, 3.8) is 0 Å². The van der Waals surface area contributed by atoms with Gasteiger partial charge in [0.05, 0.1) is 18.6 Å². The average molecular weight is 280 g/mol. The van der Waals surface area contributed by atoms with Gasteiger partial charge in [0.1, 0.15) is 5.75 Å². The van der Waals surface area contributed by atoms with Gasteiger partial charge in [-0.15, -0.1) is 0 Å². The van der Waals surface area contributed by atoms with Gasteiger partial charge in [0, 0.05) is 4.47 Å². The summed E-state index contributed by atoms with van der Waals surface area (Å²) in [6, 6.07) is 3.05. The van der Waals surface area contributed by atoms with E-state index in [4.69, 9.17) is 11.6 Å². The number of halogens is 2. The van der Waals surface area contributed by atoms with E-state index in [0.717, 1.165) is 0 Å². The van der Waals surface area contributed by atoms with Crippen LogP contribution in [-0.4, -0.2) is 18.2 Å². The number of aromatic hydroxyl groups is 1. The van der Waals surface area contributed by atoms with Gasteiger partial charge >= 0.3 is 5.97 Å². The van der Waals surface area contributed by atoms with E-state index in [9.17, 15) is 9.90 Å². The number of rotatable bonds is 2. The molecule has 0 aliphatic rings. The van der Waals surface area contributed by atoms with Crippen molar-refractivity contribution in [1.82, 2.24) is 0 Å². The van der Waals surface area contributed by atoms with Crippen molar-refractivity contribution >= 4 is 33.5 Å². The summed E-state index contributed by atoms with van der Waals surface area (Å²) in [6.45, 7) is 0. The summed E-state index contributed by atoms with van der Waals surface area (Å²) in [7, 11) is 1.32. The highest BCUT2D eigenvalue weighted by Gasteiger charge is 2.11. The van der Waals surface area contributed by atoms with E-state index in [1.165, 1.54) is 13.2 Å². The molecule has 0 heterocycles. The lowest BCUT2D eigenvalue weighted by Crippen LogP contribution is -2.05. The zero-order valence-corrected chi connectivity index (χ0v) is 9.72. The van der Waals surface area contributed by atoms with Crippen molar-refractivity contribution in [2.75, 3.05) is 7.11 Å². The number of carbonyl (C=O) groups is 1. The lowest BCUT2D eigenvalue weighted by molar-refractivity contribution is -0.139. The van der Waals surface area contributed by atoms with Crippen LogP contribution >= 0.6 is 27.5 Å². The first-order chi connectivity index (χ1) is 6.56. The standard InChI is InChI=1S/C9H8BrClO3/c1-14-7(13)4-5-2-3-6(12)9(11)8(5)10/h2-3,12H,4H2,1H3. The molecule has 76 valence electrons. The number of phenolic OH excluding ortho intramolecular Hbond substituents is 1. The number of benzene rings is 1. The van der Waals surface area contributed by atoms with Crippen LogP contribution in [0.4, 0.5) is 0 Å². The topological polar surface area (TPSA) is 46.5 Å². The molecular weight excluding hydrogens is 271 g/mol. The first-order valence-electron chi connectivity index (χ1n) is 3.79. The fourth-order valence-corrected chi connectivity index (χ4v) is 1.60. The predicted molar refractivity (Wildman–Crippen MR) is 56.5 cm³/mol. The highest BCUT2D eigenvalue weighted by Crippen LogP contribution is 2.34. The third-order valence-corrected chi connectivity index (χ3v) is 3.22. The van der Waals surface area contributed by atoms with Crippen molar-refractivity contribution in [3.05, 3.63) is 27.2 Å². The number of hydrogen-bond acceptors (Lipinski definition) is 3. The lowest BCUT2D eigenvalue weighted by Gasteiger charge is -2.06. The van der Waals surface area contributed by atoms with Crippen LogP contribution in [-0.2, 0) is 16.0 Å². The molecule has 0 aliphatic carbocycles. The van der Waals surface area contributed by atoms with E-state index in [-0.39, 0.29) is 23.2 Å². The monoisotopic (exact) mass is 278 g/mol. The third kappa shape index (κ3) is 2.39. The van der Waals surface area contributed by atoms with E-state index in [1.54, 1.807) is 6.07 Å². The van der Waals surface area contributed by atoms with Crippen molar-refractivity contribution in [3.8, 4) is 5.75 Å². The summed E-state index contributed by atoms with van der Waals surface area (Å²) in [5.74, 6) is -0.375. The smallest absolute Gasteiger partial charge is 0.310 e. The highest BCUT2D eigenvalue weighted by molar-refractivity contribution is 9.10. The maximum atomic E-state index is 11.0. The van der Waals surface area contributed by atoms with Gasteiger partial charge in [-0.1, -0.05) is 17.7 Å². The lowest BCUT2D eigenvalue weighted by atomic mass is 10.1. The third-order valence-electron chi connectivity index (χ3n) is 1.70. The minimum absolute atomic E-state index is 0.0212. The van der Waals surface area contributed by atoms with Gasteiger partial charge in [0.2, 0.25) is 0 Å². The van der Waals surface area contributed by atoms with E-state index < -0.39 is 0 Å². The second-order valence-electron chi connectivity index (χ2n) is 2.62. The van der Waals surface area contributed by atoms with E-state index >= 15 is 0 Å². The second-order valence-corrected chi connectivity index (χ2v) is 3.80. The number of phenols is 1. The van der Waals surface area contributed by atoms with E-state index in [2.05, 4.69) is 20.7 Å². The summed E-state index contributed by atoms with van der Waals surface area (Å²) in [4.78, 5) is 11.0. The molecule has 0 fully saturated rings. The maximum absolute atomic E-state index is 11.0. The van der Waals surface area contributed by atoms with Gasteiger partial charge in [-0.2, -0.15) is 0 Å². The Morgan fingerprint density at radius 1 is 1.64 bits per heavy atom. The van der Waals surface area contributed by atoms with Crippen LogP contribution < -0.4 is 0 Å². The van der Waals surface area contributed by atoms with Gasteiger partial charge in [0.25, 0.3) is 0 Å². The Morgan fingerprint density at radius 2 is 2.29 bits per heavy atom. The first kappa shape index (κ1) is 11.3. The van der Waals surface area contributed by atoms with Crippen LogP contribution in [0.5, 0.6) is 5.75 Å². The largest absolute Gasteiger partial charge is 0.506 e. The van der Waals surface area contributed by atoms with E-state index in [1.807, 2.05) is 0 Å². The predicted octanol–water partition coefficient (Wildman–Crippen LogP) is 2.52. The van der Waals surface area contributed by atoms with Crippen LogP contribution in [0.2, 0.25) is 5.02 Å². The van der Waals surface area contributed by atoms with Crippen LogP contribution in [0, 0.1) is 0 Å². The minimum atomic E-state index is -0.354. The molecule has 0 bridgehead atoms. The van der Waals surface area contributed by atoms with Crippen LogP contribution in [0.15, 0.2) is 16.6 Å². The molecular formula is C9H8BrClO3. The molecule has 1 aromatic rings. The Labute approximate surface area is 94.8 Å². The molecule has 0 radical (unpaired) electrons. The molecule has 3 nitrogen and oxygen atoms in total. The van der Waals surface area contributed by atoms with Gasteiger partial charge in [-0.25, -0.2) is 0 Å². The van der Waals surface area contributed by atoms with Crippen molar-refractivity contribution in [1.29, 1.82) is 0 Å². The second kappa shape index (κ2) is 4.66. The Balaban J connectivity index is 3.00. The summed E-state index contributed by atoms with van der Waals surface area (Å²) < 4.78 is 5.03. The van der Waals surface area contributed by atoms with Crippen molar-refractivity contribution in [2.45, 2.75) is 6.42 Å². The zero-order valence-electron chi connectivity index (χ0n) is 7.38. The normalized spacial score (nSPS) is 9.93. The minimum Gasteiger partial charge on any atom is -0.506 e. The molecule has 0 unspecified atom stereocenters.